The number of β-amino-alcohol motifs (C(OH)–C–C–N with tert-alkyl or cyclic N) is 1. The summed E-state index contributed by atoms with van der Waals surface area (Å²) in [5.41, 5.74) is 1.30. The fraction of sp³-hybridized carbons (Fsp3) is 0.474. The number of aliphatic hydroxyl groups is 1. The largest absolute Gasteiger partial charge is 0.391 e. The number of hydrogen-bond acceptors (Lipinski definition) is 4. The van der Waals surface area contributed by atoms with Crippen molar-refractivity contribution in [3.63, 3.8) is 0 Å². The molecule has 1 aromatic carbocycles. The molecule has 1 saturated heterocycles. The number of piperidine rings is 1. The number of rotatable bonds is 2. The van der Waals surface area contributed by atoms with E-state index in [1.165, 1.54) is 23.5 Å². The Morgan fingerprint density at radius 2 is 2.19 bits per heavy atom. The first-order chi connectivity index (χ1) is 12.2. The van der Waals surface area contributed by atoms with Crippen LogP contribution in [0.3, 0.4) is 0 Å². The van der Waals surface area contributed by atoms with Gasteiger partial charge in [0.05, 0.1) is 11.8 Å². The predicted octanol–water partition coefficient (Wildman–Crippen LogP) is 4.21. The van der Waals surface area contributed by atoms with Crippen molar-refractivity contribution in [3.8, 4) is 11.3 Å². The van der Waals surface area contributed by atoms with Gasteiger partial charge in [-0.25, -0.2) is 14.2 Å². The molecule has 2 aromatic rings. The van der Waals surface area contributed by atoms with Crippen molar-refractivity contribution >= 4 is 22.5 Å². The summed E-state index contributed by atoms with van der Waals surface area (Å²) >= 11 is 1.29. The Kier molecular flexibility index (Phi) is 5.29. The van der Waals surface area contributed by atoms with Crippen LogP contribution in [0.25, 0.3) is 11.3 Å². The van der Waals surface area contributed by atoms with Crippen LogP contribution in [-0.4, -0.2) is 40.2 Å². The van der Waals surface area contributed by atoms with Gasteiger partial charge in [0.2, 0.25) is 0 Å². The molecule has 1 aromatic heterocycles. The quantitative estimate of drug-likeness (QED) is 0.824. The van der Waals surface area contributed by atoms with Crippen molar-refractivity contribution in [3.05, 3.63) is 35.5 Å². The minimum atomic E-state index is -0.534. The molecule has 1 aliphatic heterocycles. The molecule has 0 spiro atoms. The number of aliphatic hydroxyl groups excluding tert-OH is 1. The summed E-state index contributed by atoms with van der Waals surface area (Å²) < 4.78 is 13.3. The van der Waals surface area contributed by atoms with E-state index in [1.807, 2.05) is 0 Å². The van der Waals surface area contributed by atoms with Gasteiger partial charge in [0, 0.05) is 24.0 Å². The van der Waals surface area contributed by atoms with E-state index in [2.05, 4.69) is 31.1 Å². The summed E-state index contributed by atoms with van der Waals surface area (Å²) in [7, 11) is 0. The zero-order valence-electron chi connectivity index (χ0n) is 15.2. The summed E-state index contributed by atoms with van der Waals surface area (Å²) in [6.45, 7) is 7.25. The number of anilines is 1. The number of likely N-dealkylation sites (tertiary alicyclic amines) is 1. The molecule has 2 atom stereocenters. The topological polar surface area (TPSA) is 65.5 Å². The second-order valence-corrected chi connectivity index (χ2v) is 8.61. The van der Waals surface area contributed by atoms with Gasteiger partial charge in [-0.2, -0.15) is 0 Å². The average Bonchev–Trinajstić information content (AvgIpc) is 3.02. The molecule has 140 valence electrons. The Balaban J connectivity index is 1.63. The van der Waals surface area contributed by atoms with E-state index in [0.717, 1.165) is 6.42 Å². The summed E-state index contributed by atoms with van der Waals surface area (Å²) in [6.07, 6.45) is 0.235. The molecule has 26 heavy (non-hydrogen) atoms. The molecule has 7 heteroatoms. The number of carbonyl (C=O) groups is 1. The number of halogens is 1. The Hall–Kier alpha value is -1.99. The van der Waals surface area contributed by atoms with E-state index in [1.54, 1.807) is 22.4 Å². The van der Waals surface area contributed by atoms with E-state index < -0.39 is 6.10 Å². The number of hydrogen-bond donors (Lipinski definition) is 2. The first-order valence-electron chi connectivity index (χ1n) is 8.69. The van der Waals surface area contributed by atoms with E-state index in [0.29, 0.717) is 29.5 Å². The van der Waals surface area contributed by atoms with Crippen LogP contribution < -0.4 is 5.32 Å². The first-order valence-corrected chi connectivity index (χ1v) is 9.57. The van der Waals surface area contributed by atoms with Gasteiger partial charge >= 0.3 is 6.03 Å². The van der Waals surface area contributed by atoms with Crippen molar-refractivity contribution in [2.75, 3.05) is 18.4 Å². The summed E-state index contributed by atoms with van der Waals surface area (Å²) in [6, 6.07) is 5.93. The standard InChI is InChI=1S/C19H24FN3O2S/c1-19(2,3)14-7-8-23(10-16(14)24)18(25)22-17-21-15(11-26-17)12-5-4-6-13(20)9-12/h4-6,9,11,14,16,24H,7-8,10H2,1-3H3,(H,21,22,25)/t14-,16-/m1/s1. The SMILES string of the molecule is CC(C)(C)[C@@H]1CCN(C(=O)Nc2nc(-c3cccc(F)c3)cs2)C[C@H]1O. The monoisotopic (exact) mass is 377 g/mol. The van der Waals surface area contributed by atoms with Gasteiger partial charge in [0.1, 0.15) is 5.82 Å². The maximum Gasteiger partial charge on any atom is 0.323 e. The number of benzene rings is 1. The Morgan fingerprint density at radius 3 is 2.85 bits per heavy atom. The average molecular weight is 377 g/mol. The highest BCUT2D eigenvalue weighted by atomic mass is 32.1. The fourth-order valence-corrected chi connectivity index (χ4v) is 4.12. The van der Waals surface area contributed by atoms with Gasteiger partial charge in [0.15, 0.2) is 5.13 Å². The highest BCUT2D eigenvalue weighted by Crippen LogP contribution is 2.35. The highest BCUT2D eigenvalue weighted by Gasteiger charge is 2.37. The van der Waals surface area contributed by atoms with Gasteiger partial charge < -0.3 is 10.0 Å². The molecule has 0 saturated carbocycles. The van der Waals surface area contributed by atoms with Crippen LogP contribution in [0.15, 0.2) is 29.6 Å². The fourth-order valence-electron chi connectivity index (χ4n) is 3.41. The number of amides is 2. The van der Waals surface area contributed by atoms with Crippen molar-refractivity contribution in [1.29, 1.82) is 0 Å². The van der Waals surface area contributed by atoms with E-state index in [4.69, 9.17) is 0 Å². The second-order valence-electron chi connectivity index (χ2n) is 7.75. The number of carbonyl (C=O) groups excluding carboxylic acids is 1. The highest BCUT2D eigenvalue weighted by molar-refractivity contribution is 7.14. The number of nitrogens with zero attached hydrogens (tertiary/aromatic N) is 2. The second kappa shape index (κ2) is 7.32. The van der Waals surface area contributed by atoms with E-state index in [9.17, 15) is 14.3 Å². The number of aromatic nitrogens is 1. The predicted molar refractivity (Wildman–Crippen MR) is 102 cm³/mol. The molecule has 5 nitrogen and oxygen atoms in total. The Morgan fingerprint density at radius 1 is 1.42 bits per heavy atom. The third-order valence-electron chi connectivity index (χ3n) is 4.82. The van der Waals surface area contributed by atoms with Crippen LogP contribution in [-0.2, 0) is 0 Å². The Bertz CT molecular complexity index is 787. The minimum absolute atomic E-state index is 0.0111. The van der Waals surface area contributed by atoms with E-state index in [-0.39, 0.29) is 23.2 Å². The van der Waals surface area contributed by atoms with Gasteiger partial charge in [-0.15, -0.1) is 11.3 Å². The number of urea groups is 1. The third-order valence-corrected chi connectivity index (χ3v) is 5.58. The van der Waals surface area contributed by atoms with Crippen molar-refractivity contribution in [1.82, 2.24) is 9.88 Å². The lowest BCUT2D eigenvalue weighted by Crippen LogP contribution is -2.51. The summed E-state index contributed by atoms with van der Waals surface area (Å²) in [4.78, 5) is 18.5. The number of thiazole rings is 1. The molecule has 2 heterocycles. The van der Waals surface area contributed by atoms with E-state index >= 15 is 0 Å². The zero-order chi connectivity index (χ0) is 18.9. The normalized spacial score (nSPS) is 20.9. The molecule has 1 aliphatic rings. The maximum absolute atomic E-state index is 13.3. The lowest BCUT2D eigenvalue weighted by Gasteiger charge is -2.42. The lowest BCUT2D eigenvalue weighted by atomic mass is 9.74. The molecular formula is C19H24FN3O2S. The van der Waals surface area contributed by atoms with Crippen LogP contribution >= 0.6 is 11.3 Å². The van der Waals surface area contributed by atoms with Gasteiger partial charge in [-0.3, -0.25) is 5.32 Å². The minimum Gasteiger partial charge on any atom is -0.391 e. The smallest absolute Gasteiger partial charge is 0.323 e. The first kappa shape index (κ1) is 18.8. The molecular weight excluding hydrogens is 353 g/mol. The van der Waals surface area contributed by atoms with Gasteiger partial charge in [-0.05, 0) is 29.9 Å². The van der Waals surface area contributed by atoms with Crippen LogP contribution in [0, 0.1) is 17.2 Å². The van der Waals surface area contributed by atoms with Crippen LogP contribution in [0.2, 0.25) is 0 Å². The maximum atomic E-state index is 13.3. The van der Waals surface area contributed by atoms with Crippen molar-refractivity contribution in [2.24, 2.45) is 11.3 Å². The molecule has 1 fully saturated rings. The molecule has 0 aliphatic carbocycles. The molecule has 0 radical (unpaired) electrons. The Labute approximate surface area is 156 Å². The summed E-state index contributed by atoms with van der Waals surface area (Å²) in [5, 5.41) is 15.4. The van der Waals surface area contributed by atoms with Crippen LogP contribution in [0.5, 0.6) is 0 Å². The molecule has 0 unspecified atom stereocenters. The zero-order valence-corrected chi connectivity index (χ0v) is 16.0. The van der Waals surface area contributed by atoms with Gasteiger partial charge in [-0.1, -0.05) is 32.9 Å². The number of nitrogens with one attached hydrogen (secondary N) is 1. The lowest BCUT2D eigenvalue weighted by molar-refractivity contribution is -0.0108. The molecule has 3 rings (SSSR count). The van der Waals surface area contributed by atoms with Crippen LogP contribution in [0.4, 0.5) is 14.3 Å². The van der Waals surface area contributed by atoms with Crippen molar-refractivity contribution in [2.45, 2.75) is 33.3 Å². The van der Waals surface area contributed by atoms with Gasteiger partial charge in [0.25, 0.3) is 0 Å². The third kappa shape index (κ3) is 4.22. The molecule has 2 N–H and O–H groups in total. The van der Waals surface area contributed by atoms with Crippen LogP contribution in [0.1, 0.15) is 27.2 Å². The molecule has 0 bridgehead atoms. The molecule has 2 amide bonds. The summed E-state index contributed by atoms with van der Waals surface area (Å²) in [5.74, 6) is -0.150. The van der Waals surface area contributed by atoms with Crippen molar-refractivity contribution < 1.29 is 14.3 Å².